The number of carbonyl (C=O) groups is 1. The van der Waals surface area contributed by atoms with Crippen LogP contribution in [0.5, 0.6) is 0 Å². The predicted molar refractivity (Wildman–Crippen MR) is 210 cm³/mol. The number of carbonyl (C=O) groups excluding carboxylic acids is 1. The van der Waals surface area contributed by atoms with Crippen LogP contribution < -0.4 is 5.73 Å². The molecule has 0 bridgehead atoms. The highest BCUT2D eigenvalue weighted by atomic mass is 128. The Morgan fingerprint density at radius 3 is 0.857 bits per heavy atom. The zero-order valence-electron chi connectivity index (χ0n) is 26.1. The Morgan fingerprint density at radius 1 is 0.667 bits per heavy atom. The van der Waals surface area contributed by atoms with Crippen molar-refractivity contribution in [1.29, 1.82) is 5.41 Å². The van der Waals surface area contributed by atoms with Crippen LogP contribution >= 0.6 is 37.2 Å². The summed E-state index contributed by atoms with van der Waals surface area (Å²) in [6.45, 7) is 37.5. The fourth-order valence-corrected chi connectivity index (χ4v) is 1.51. The number of nitrogens with one attached hydrogen (secondary N) is 1. The van der Waals surface area contributed by atoms with Gasteiger partial charge < -0.3 is 15.9 Å². The Labute approximate surface area is 283 Å². The molecule has 0 atom stereocenters. The molecule has 0 unspecified atom stereocenters. The molecule has 236 valence electrons. The lowest BCUT2D eigenvalue weighted by Gasteiger charge is -1.80. The van der Waals surface area contributed by atoms with Gasteiger partial charge in [-0.05, 0) is 26.6 Å². The molecular formula is C34H55I2N5O. The molecule has 3 aromatic carbocycles. The summed E-state index contributed by atoms with van der Waals surface area (Å²) in [5.41, 5.74) is 6.95. The Hall–Kier alpha value is -3.11. The van der Waals surface area contributed by atoms with Crippen LogP contribution in [0.3, 0.4) is 0 Å². The minimum Gasteiger partial charge on any atom is -0.331 e. The van der Waals surface area contributed by atoms with Crippen molar-refractivity contribution in [2.24, 2.45) is 5.73 Å². The second-order valence-corrected chi connectivity index (χ2v) is 5.27. The van der Waals surface area contributed by atoms with Gasteiger partial charge in [0, 0.05) is 38.7 Å². The van der Waals surface area contributed by atoms with Gasteiger partial charge in [0.1, 0.15) is 6.29 Å². The zero-order valence-corrected chi connectivity index (χ0v) is 30.4. The minimum atomic E-state index is 0. The van der Waals surface area contributed by atoms with E-state index in [4.69, 9.17) is 35.7 Å². The van der Waals surface area contributed by atoms with E-state index in [1.54, 1.807) is 43.3 Å². The maximum absolute atomic E-state index is 8.81. The third-order valence-electron chi connectivity index (χ3n) is 2.66. The minimum absolute atomic E-state index is 0. The zero-order chi connectivity index (χ0) is 33.6. The van der Waals surface area contributed by atoms with Gasteiger partial charge in [-0.2, -0.15) is 0 Å². The predicted octanol–water partition coefficient (Wildman–Crippen LogP) is 13.3. The summed E-state index contributed by atoms with van der Waals surface area (Å²) in [6.07, 6.45) is 2.00. The van der Waals surface area contributed by atoms with Gasteiger partial charge in [-0.15, -0.1) is 0 Å². The van der Waals surface area contributed by atoms with Crippen molar-refractivity contribution in [3.63, 3.8) is 0 Å². The maximum Gasteiger partial charge on any atom is 0.187 e. The van der Waals surface area contributed by atoms with E-state index >= 15 is 0 Å². The smallest absolute Gasteiger partial charge is 0.187 e. The second kappa shape index (κ2) is 71.3. The normalized spacial score (nSPS) is 6.12. The first kappa shape index (κ1) is 58.5. The standard InChI is InChI=1S/3C7H5N.C2H7N.C2H5N.C2H4O.3C2H6.CH4.I2.H2/c3*1-8-7-5-3-2-4-6-7;3*1-2-3;3*1-2;;1-2;/h3*2-6H;2-3H2,1H3;2-3H,1H3;2H,1H3;3*1-2H3;1H4;;1H. The molecule has 3 rings (SSSR count). The number of hydrogen-bond donors (Lipinski definition) is 2. The Morgan fingerprint density at radius 2 is 0.786 bits per heavy atom. The highest BCUT2D eigenvalue weighted by Gasteiger charge is 1.81. The lowest BCUT2D eigenvalue weighted by molar-refractivity contribution is -0.106. The quantitative estimate of drug-likeness (QED) is 0.103. The molecular weight excluding hydrogens is 748 g/mol. The molecule has 0 spiro atoms. The van der Waals surface area contributed by atoms with Crippen LogP contribution in [0.1, 0.15) is 71.2 Å². The van der Waals surface area contributed by atoms with Gasteiger partial charge in [0.25, 0.3) is 0 Å². The van der Waals surface area contributed by atoms with Crippen LogP contribution in [0.15, 0.2) is 91.0 Å². The van der Waals surface area contributed by atoms with E-state index in [0.717, 1.165) is 12.8 Å². The SMILES string of the molecule is C.CC.CC.CC.CC=N.CC=O.CCN.II.[C-]#[N+]c1ccccc1.[C-]#[N+]c1ccccc1.[C-]#[N+]c1ccccc1.[HH]. The first-order chi connectivity index (χ1) is 20.0. The molecule has 0 aliphatic rings. The average molecular weight is 804 g/mol. The van der Waals surface area contributed by atoms with E-state index in [1.807, 2.05) is 103 Å². The molecule has 8 heteroatoms. The molecule has 0 amide bonds. The molecule has 0 saturated heterocycles. The fourth-order valence-electron chi connectivity index (χ4n) is 1.51. The lowest BCUT2D eigenvalue weighted by Crippen LogP contribution is -1.87. The summed E-state index contributed by atoms with van der Waals surface area (Å²) >= 11 is 4.24. The summed E-state index contributed by atoms with van der Waals surface area (Å²) in [5.74, 6) is 0. The third-order valence-corrected chi connectivity index (χ3v) is 2.66. The van der Waals surface area contributed by atoms with Crippen LogP contribution in [-0.2, 0) is 4.79 Å². The van der Waals surface area contributed by atoms with Crippen LogP contribution in [-0.4, -0.2) is 19.0 Å². The van der Waals surface area contributed by atoms with Gasteiger partial charge in [-0.3, -0.25) is 0 Å². The number of halogens is 2. The summed E-state index contributed by atoms with van der Waals surface area (Å²) in [5, 5.41) is 6.08. The molecule has 0 radical (unpaired) electrons. The molecule has 42 heavy (non-hydrogen) atoms. The van der Waals surface area contributed by atoms with Crippen LogP contribution in [0.2, 0.25) is 0 Å². The highest BCUT2D eigenvalue weighted by molar-refractivity contribution is 15.0. The van der Waals surface area contributed by atoms with Crippen molar-refractivity contribution in [2.75, 3.05) is 6.54 Å². The molecule has 0 aliphatic heterocycles. The first-order valence-electron chi connectivity index (χ1n) is 13.0. The Bertz CT molecular complexity index is 836. The highest BCUT2D eigenvalue weighted by Crippen LogP contribution is 2.08. The van der Waals surface area contributed by atoms with Crippen LogP contribution in [0, 0.1) is 25.1 Å². The van der Waals surface area contributed by atoms with Crippen LogP contribution in [0.4, 0.5) is 17.1 Å². The molecule has 0 saturated carbocycles. The van der Waals surface area contributed by atoms with Gasteiger partial charge in [-0.1, -0.05) is 147 Å². The summed E-state index contributed by atoms with van der Waals surface area (Å²) in [7, 11) is 0. The number of nitrogens with zero attached hydrogens (tertiary/aromatic N) is 3. The monoisotopic (exact) mass is 803 g/mol. The van der Waals surface area contributed by atoms with Gasteiger partial charge in [0.15, 0.2) is 17.1 Å². The number of rotatable bonds is 0. The van der Waals surface area contributed by atoms with Crippen molar-refractivity contribution >= 4 is 66.8 Å². The largest absolute Gasteiger partial charge is 0.331 e. The summed E-state index contributed by atoms with van der Waals surface area (Å²) < 4.78 is 0. The molecule has 3 aromatic rings. The molecule has 0 aliphatic carbocycles. The van der Waals surface area contributed by atoms with E-state index in [2.05, 4.69) is 51.8 Å². The van der Waals surface area contributed by atoms with E-state index in [0.29, 0.717) is 17.1 Å². The molecule has 0 fully saturated rings. The first-order valence-corrected chi connectivity index (χ1v) is 19.3. The summed E-state index contributed by atoms with van der Waals surface area (Å²) in [4.78, 5) is 18.5. The topological polar surface area (TPSA) is 80.0 Å². The van der Waals surface area contributed by atoms with Gasteiger partial charge in [-0.25, -0.2) is 14.5 Å². The van der Waals surface area contributed by atoms with Gasteiger partial charge >= 0.3 is 0 Å². The molecule has 6 nitrogen and oxygen atoms in total. The van der Waals surface area contributed by atoms with Crippen molar-refractivity contribution in [1.82, 2.24) is 0 Å². The van der Waals surface area contributed by atoms with E-state index in [-0.39, 0.29) is 8.85 Å². The van der Waals surface area contributed by atoms with E-state index in [1.165, 1.54) is 13.1 Å². The molecule has 0 aromatic heterocycles. The van der Waals surface area contributed by atoms with Crippen LogP contribution in [0.25, 0.3) is 14.5 Å². The number of nitrogens with two attached hydrogens (primary N) is 1. The fraction of sp³-hybridized carbons (Fsp3) is 0.324. The lowest BCUT2D eigenvalue weighted by atomic mass is 10.3. The number of hydrogen-bond acceptors (Lipinski definition) is 3. The van der Waals surface area contributed by atoms with Crippen molar-refractivity contribution in [3.8, 4) is 0 Å². The number of benzene rings is 3. The number of para-hydroxylation sites is 3. The maximum atomic E-state index is 8.81. The molecule has 3 N–H and O–H groups in total. The summed E-state index contributed by atoms with van der Waals surface area (Å²) in [6, 6.07) is 27.5. The van der Waals surface area contributed by atoms with Crippen molar-refractivity contribution in [2.45, 2.75) is 69.7 Å². The van der Waals surface area contributed by atoms with Gasteiger partial charge in [0.2, 0.25) is 0 Å². The van der Waals surface area contributed by atoms with Crippen molar-refractivity contribution < 1.29 is 6.22 Å². The average Bonchev–Trinajstić information content (AvgIpc) is 3.07. The Kier molecular flexibility index (Phi) is 99.3. The van der Waals surface area contributed by atoms with Gasteiger partial charge in [0.05, 0.1) is 19.7 Å². The Balaban J connectivity index is -0.0000000453. The molecule has 0 heterocycles. The van der Waals surface area contributed by atoms with E-state index in [9.17, 15) is 0 Å². The number of aldehydes is 1. The third kappa shape index (κ3) is 65.7. The second-order valence-electron chi connectivity index (χ2n) is 5.27. The van der Waals surface area contributed by atoms with E-state index < -0.39 is 0 Å². The van der Waals surface area contributed by atoms with Crippen molar-refractivity contribution in [3.05, 3.63) is 125 Å².